The van der Waals surface area contributed by atoms with Crippen LogP contribution in [-0.4, -0.2) is 20.9 Å². The lowest BCUT2D eigenvalue weighted by Gasteiger charge is -2.08. The maximum atomic E-state index is 12.5. The van der Waals surface area contributed by atoms with Crippen LogP contribution >= 0.6 is 0 Å². The Morgan fingerprint density at radius 1 is 1.04 bits per heavy atom. The van der Waals surface area contributed by atoms with E-state index in [9.17, 15) is 4.79 Å². The van der Waals surface area contributed by atoms with E-state index in [1.54, 1.807) is 6.92 Å². The highest BCUT2D eigenvalue weighted by Crippen LogP contribution is 2.17. The smallest absolute Gasteiger partial charge is 0.278 e. The highest BCUT2D eigenvalue weighted by Gasteiger charge is 2.17. The van der Waals surface area contributed by atoms with Crippen LogP contribution in [0.1, 0.15) is 28.7 Å². The lowest BCUT2D eigenvalue weighted by molar-refractivity contribution is 0.102. The van der Waals surface area contributed by atoms with Crippen molar-refractivity contribution in [1.82, 2.24) is 15.0 Å². The van der Waals surface area contributed by atoms with E-state index >= 15 is 0 Å². The number of para-hydroxylation sites is 2. The van der Waals surface area contributed by atoms with Gasteiger partial charge in [0.1, 0.15) is 0 Å². The minimum atomic E-state index is -0.245. The molecule has 0 radical (unpaired) electrons. The molecule has 1 amide bonds. The van der Waals surface area contributed by atoms with Crippen molar-refractivity contribution >= 4 is 11.6 Å². The second kappa shape index (κ2) is 6.44. The molecule has 0 saturated carbocycles. The molecule has 3 aromatic rings. The second-order valence-corrected chi connectivity index (χ2v) is 5.22. The molecule has 23 heavy (non-hydrogen) atoms. The molecule has 0 spiro atoms. The summed E-state index contributed by atoms with van der Waals surface area (Å²) in [6, 6.07) is 17.3. The van der Waals surface area contributed by atoms with Crippen LogP contribution < -0.4 is 5.32 Å². The lowest BCUT2D eigenvalue weighted by Crippen LogP contribution is -2.15. The van der Waals surface area contributed by atoms with Crippen molar-refractivity contribution in [3.05, 3.63) is 71.5 Å². The number of hydrogen-bond acceptors (Lipinski definition) is 3. The average Bonchev–Trinajstić information content (AvgIpc) is 2.98. The summed E-state index contributed by atoms with van der Waals surface area (Å²) in [5.41, 5.74) is 3.66. The van der Waals surface area contributed by atoms with Gasteiger partial charge in [0.05, 0.1) is 11.4 Å². The first-order valence-corrected chi connectivity index (χ1v) is 7.57. The standard InChI is InChI=1S/C18H18N4O/c1-3-14-9-7-8-12-16(14)19-18(23)17-13(2)20-22(21-17)15-10-5-4-6-11-15/h4-12H,3H2,1-2H3,(H,19,23). The summed E-state index contributed by atoms with van der Waals surface area (Å²) in [6.45, 7) is 3.84. The van der Waals surface area contributed by atoms with Crippen LogP contribution in [0.15, 0.2) is 54.6 Å². The van der Waals surface area contributed by atoms with Crippen molar-refractivity contribution in [2.45, 2.75) is 20.3 Å². The normalized spacial score (nSPS) is 10.5. The first kappa shape index (κ1) is 15.0. The minimum absolute atomic E-state index is 0.245. The van der Waals surface area contributed by atoms with E-state index in [-0.39, 0.29) is 5.91 Å². The van der Waals surface area contributed by atoms with Gasteiger partial charge in [-0.05, 0) is 37.1 Å². The Morgan fingerprint density at radius 2 is 1.74 bits per heavy atom. The summed E-state index contributed by atoms with van der Waals surface area (Å²) in [5.74, 6) is -0.245. The molecule has 0 aliphatic heterocycles. The Hall–Kier alpha value is -2.95. The summed E-state index contributed by atoms with van der Waals surface area (Å²) in [5, 5.41) is 11.6. The van der Waals surface area contributed by atoms with Crippen molar-refractivity contribution in [1.29, 1.82) is 0 Å². The highest BCUT2D eigenvalue weighted by molar-refractivity contribution is 6.03. The zero-order valence-corrected chi connectivity index (χ0v) is 13.2. The summed E-state index contributed by atoms with van der Waals surface area (Å²) < 4.78 is 0. The molecule has 0 aliphatic rings. The third-order valence-corrected chi connectivity index (χ3v) is 3.63. The van der Waals surface area contributed by atoms with Crippen LogP contribution in [0.3, 0.4) is 0 Å². The van der Waals surface area contributed by atoms with Gasteiger partial charge in [-0.2, -0.15) is 9.90 Å². The molecule has 5 nitrogen and oxygen atoms in total. The van der Waals surface area contributed by atoms with Crippen molar-refractivity contribution < 1.29 is 4.79 Å². The van der Waals surface area contributed by atoms with Gasteiger partial charge in [-0.1, -0.05) is 43.3 Å². The average molecular weight is 306 g/mol. The molecule has 0 fully saturated rings. The predicted molar refractivity (Wildman–Crippen MR) is 89.9 cm³/mol. The van der Waals surface area contributed by atoms with E-state index in [4.69, 9.17) is 0 Å². The van der Waals surface area contributed by atoms with Crippen LogP contribution in [0.2, 0.25) is 0 Å². The third-order valence-electron chi connectivity index (χ3n) is 3.63. The first-order valence-electron chi connectivity index (χ1n) is 7.57. The van der Waals surface area contributed by atoms with Gasteiger partial charge < -0.3 is 5.32 Å². The monoisotopic (exact) mass is 306 g/mol. The number of carbonyl (C=O) groups excluding carboxylic acids is 1. The molecule has 1 heterocycles. The molecule has 2 aromatic carbocycles. The molecule has 5 heteroatoms. The molecule has 0 unspecified atom stereocenters. The van der Waals surface area contributed by atoms with Crippen molar-refractivity contribution in [2.75, 3.05) is 5.32 Å². The van der Waals surface area contributed by atoms with Gasteiger partial charge >= 0.3 is 0 Å². The second-order valence-electron chi connectivity index (χ2n) is 5.22. The van der Waals surface area contributed by atoms with E-state index in [1.807, 2.05) is 54.6 Å². The predicted octanol–water partition coefficient (Wildman–Crippen LogP) is 3.39. The number of aromatic nitrogens is 3. The number of anilines is 1. The molecule has 1 aromatic heterocycles. The maximum absolute atomic E-state index is 12.5. The molecule has 0 aliphatic carbocycles. The quantitative estimate of drug-likeness (QED) is 0.803. The number of amides is 1. The van der Waals surface area contributed by atoms with Crippen molar-refractivity contribution in [3.63, 3.8) is 0 Å². The Kier molecular flexibility index (Phi) is 4.19. The summed E-state index contributed by atoms with van der Waals surface area (Å²) >= 11 is 0. The molecular weight excluding hydrogens is 288 g/mol. The molecular formula is C18H18N4O. The Bertz CT molecular complexity index is 824. The fraction of sp³-hybridized carbons (Fsp3) is 0.167. The lowest BCUT2D eigenvalue weighted by atomic mass is 10.1. The topological polar surface area (TPSA) is 59.8 Å². The number of carbonyl (C=O) groups is 1. The summed E-state index contributed by atoms with van der Waals surface area (Å²) in [6.07, 6.45) is 0.853. The molecule has 0 bridgehead atoms. The largest absolute Gasteiger partial charge is 0.320 e. The van der Waals surface area contributed by atoms with E-state index in [0.717, 1.165) is 23.4 Å². The van der Waals surface area contributed by atoms with Gasteiger partial charge in [0.25, 0.3) is 5.91 Å². The van der Waals surface area contributed by atoms with Crippen LogP contribution in [0.5, 0.6) is 0 Å². The fourth-order valence-corrected chi connectivity index (χ4v) is 2.40. The number of benzene rings is 2. The zero-order valence-electron chi connectivity index (χ0n) is 13.2. The zero-order chi connectivity index (χ0) is 16.2. The fourth-order valence-electron chi connectivity index (χ4n) is 2.40. The van der Waals surface area contributed by atoms with Gasteiger partial charge in [0.2, 0.25) is 0 Å². The summed E-state index contributed by atoms with van der Waals surface area (Å²) in [7, 11) is 0. The minimum Gasteiger partial charge on any atom is -0.320 e. The maximum Gasteiger partial charge on any atom is 0.278 e. The number of rotatable bonds is 4. The van der Waals surface area contributed by atoms with Crippen LogP contribution in [0.4, 0.5) is 5.69 Å². The molecule has 0 atom stereocenters. The van der Waals surface area contributed by atoms with Crippen LogP contribution in [0.25, 0.3) is 5.69 Å². The summed E-state index contributed by atoms with van der Waals surface area (Å²) in [4.78, 5) is 14.0. The van der Waals surface area contributed by atoms with E-state index < -0.39 is 0 Å². The molecule has 3 rings (SSSR count). The van der Waals surface area contributed by atoms with Gasteiger partial charge in [0, 0.05) is 5.69 Å². The Balaban J connectivity index is 1.87. The number of nitrogens with one attached hydrogen (secondary N) is 1. The van der Waals surface area contributed by atoms with Crippen LogP contribution in [-0.2, 0) is 6.42 Å². The highest BCUT2D eigenvalue weighted by atomic mass is 16.2. The first-order chi connectivity index (χ1) is 11.2. The van der Waals surface area contributed by atoms with Crippen molar-refractivity contribution in [3.8, 4) is 5.69 Å². The van der Waals surface area contributed by atoms with Gasteiger partial charge in [-0.3, -0.25) is 4.79 Å². The Morgan fingerprint density at radius 3 is 2.48 bits per heavy atom. The van der Waals surface area contributed by atoms with E-state index in [2.05, 4.69) is 22.4 Å². The van der Waals surface area contributed by atoms with Crippen molar-refractivity contribution in [2.24, 2.45) is 0 Å². The van der Waals surface area contributed by atoms with E-state index in [1.165, 1.54) is 4.80 Å². The molecule has 1 N–H and O–H groups in total. The van der Waals surface area contributed by atoms with Gasteiger partial charge in [0.15, 0.2) is 5.69 Å². The molecule has 0 saturated heterocycles. The third kappa shape index (κ3) is 3.13. The van der Waals surface area contributed by atoms with Gasteiger partial charge in [-0.15, -0.1) is 5.10 Å². The Labute approximate surface area is 135 Å². The number of hydrogen-bond donors (Lipinski definition) is 1. The van der Waals surface area contributed by atoms with Crippen LogP contribution in [0, 0.1) is 6.92 Å². The van der Waals surface area contributed by atoms with Gasteiger partial charge in [-0.25, -0.2) is 0 Å². The number of aryl methyl sites for hydroxylation is 2. The van der Waals surface area contributed by atoms with E-state index in [0.29, 0.717) is 11.4 Å². The number of nitrogens with zero attached hydrogens (tertiary/aromatic N) is 3. The molecule has 116 valence electrons. The SMILES string of the molecule is CCc1ccccc1NC(=O)c1nn(-c2ccccc2)nc1C.